The smallest absolute Gasteiger partial charge is 0.240 e. The van der Waals surface area contributed by atoms with Gasteiger partial charge in [-0.25, -0.2) is 0 Å². The van der Waals surface area contributed by atoms with E-state index in [1.54, 1.807) is 11.9 Å². The average Bonchev–Trinajstić information content (AvgIpc) is 3.03. The van der Waals surface area contributed by atoms with Gasteiger partial charge in [-0.1, -0.05) is 40.2 Å². The normalized spacial score (nSPS) is 16.9. The Hall–Kier alpha value is -2.47. The Kier molecular flexibility index (Phi) is 3.09. The topological polar surface area (TPSA) is 65.5 Å². The number of fused-ring (bicyclic) bond motifs is 2. The first kappa shape index (κ1) is 14.1. The number of H-pyrrole nitrogens is 1. The first-order valence-electron chi connectivity index (χ1n) is 7.13. The van der Waals surface area contributed by atoms with E-state index >= 15 is 0 Å². The van der Waals surface area contributed by atoms with Gasteiger partial charge in [0, 0.05) is 28.1 Å². The monoisotopic (exact) mass is 369 g/mol. The van der Waals surface area contributed by atoms with Gasteiger partial charge in [0.25, 0.3) is 0 Å². The van der Waals surface area contributed by atoms with Crippen molar-refractivity contribution in [3.63, 3.8) is 0 Å². The number of halogens is 1. The first-order chi connectivity index (χ1) is 11.1. The van der Waals surface area contributed by atoms with Gasteiger partial charge in [-0.2, -0.15) is 0 Å². The number of benzene rings is 2. The zero-order chi connectivity index (χ0) is 16.1. The van der Waals surface area contributed by atoms with Crippen molar-refractivity contribution in [3.05, 3.63) is 63.1 Å². The van der Waals surface area contributed by atoms with Crippen LogP contribution in [0, 0.1) is 4.91 Å². The van der Waals surface area contributed by atoms with E-state index in [1.807, 2.05) is 42.5 Å². The molecule has 5 nitrogen and oxygen atoms in total. The maximum atomic E-state index is 12.8. The Morgan fingerprint density at radius 2 is 2.00 bits per heavy atom. The molecule has 0 bridgehead atoms. The van der Waals surface area contributed by atoms with Crippen molar-refractivity contribution in [2.45, 2.75) is 5.92 Å². The van der Waals surface area contributed by atoms with Crippen LogP contribution in [0.15, 0.2) is 52.1 Å². The van der Waals surface area contributed by atoms with E-state index in [0.717, 1.165) is 26.6 Å². The predicted molar refractivity (Wildman–Crippen MR) is 93.1 cm³/mol. The van der Waals surface area contributed by atoms with Gasteiger partial charge < -0.3 is 9.88 Å². The lowest BCUT2D eigenvalue weighted by Crippen LogP contribution is -2.24. The third-order valence-corrected chi connectivity index (χ3v) is 4.82. The molecule has 1 aromatic heterocycles. The molecule has 1 unspecified atom stereocenters. The third-order valence-electron chi connectivity index (χ3n) is 4.33. The molecule has 6 heteroatoms. The highest BCUT2D eigenvalue weighted by molar-refractivity contribution is 9.10. The van der Waals surface area contributed by atoms with Crippen LogP contribution in [0.1, 0.15) is 17.2 Å². The Balaban J connectivity index is 1.99. The molecule has 114 valence electrons. The van der Waals surface area contributed by atoms with Crippen LogP contribution < -0.4 is 4.90 Å². The molecule has 1 aliphatic heterocycles. The van der Waals surface area contributed by atoms with Crippen LogP contribution in [0.3, 0.4) is 0 Å². The van der Waals surface area contributed by atoms with Crippen molar-refractivity contribution in [1.29, 1.82) is 0 Å². The first-order valence-corrected chi connectivity index (χ1v) is 7.92. The minimum atomic E-state index is -0.539. The summed E-state index contributed by atoms with van der Waals surface area (Å²) in [5.74, 6) is -0.613. The van der Waals surface area contributed by atoms with E-state index in [2.05, 4.69) is 26.1 Å². The highest BCUT2D eigenvalue weighted by Gasteiger charge is 2.39. The fraction of sp³-hybridized carbons (Fsp3) is 0.118. The summed E-state index contributed by atoms with van der Waals surface area (Å²) in [6.45, 7) is 0. The number of hydrogen-bond acceptors (Lipinski definition) is 3. The standard InChI is InChI=1S/C17H12BrN3O2/c1-21-13-8-9(18)6-7-11(13)14(17(21)22)16-15(20-23)10-4-2-3-5-12(10)19-16/h2-8,14,19H,1H3. The second kappa shape index (κ2) is 5.03. The summed E-state index contributed by atoms with van der Waals surface area (Å²) in [7, 11) is 1.74. The highest BCUT2D eigenvalue weighted by Crippen LogP contribution is 2.45. The number of aromatic nitrogens is 1. The lowest BCUT2D eigenvalue weighted by Gasteiger charge is -2.10. The predicted octanol–water partition coefficient (Wildman–Crippen LogP) is 4.44. The molecule has 2 heterocycles. The summed E-state index contributed by atoms with van der Waals surface area (Å²) in [4.78, 5) is 29.0. The van der Waals surface area contributed by atoms with Gasteiger partial charge in [0.2, 0.25) is 5.91 Å². The molecule has 23 heavy (non-hydrogen) atoms. The zero-order valence-corrected chi connectivity index (χ0v) is 13.8. The summed E-state index contributed by atoms with van der Waals surface area (Å²) < 4.78 is 0.905. The third kappa shape index (κ3) is 1.95. The van der Waals surface area contributed by atoms with Gasteiger partial charge in [0.1, 0.15) is 11.6 Å². The molecule has 2 aromatic carbocycles. The summed E-state index contributed by atoms with van der Waals surface area (Å²) in [6, 6.07) is 13.1. The number of hydrogen-bond donors (Lipinski definition) is 1. The maximum Gasteiger partial charge on any atom is 0.240 e. The van der Waals surface area contributed by atoms with E-state index in [4.69, 9.17) is 0 Å². The van der Waals surface area contributed by atoms with Crippen LogP contribution in [0.5, 0.6) is 0 Å². The lowest BCUT2D eigenvalue weighted by atomic mass is 9.96. The number of para-hydroxylation sites is 1. The van der Waals surface area contributed by atoms with Gasteiger partial charge >= 0.3 is 0 Å². The number of carbonyl (C=O) groups excluding carboxylic acids is 1. The molecular formula is C17H12BrN3O2. The van der Waals surface area contributed by atoms with Crippen LogP contribution in [0.4, 0.5) is 11.4 Å². The van der Waals surface area contributed by atoms with Crippen LogP contribution in [0.2, 0.25) is 0 Å². The van der Waals surface area contributed by atoms with Crippen molar-refractivity contribution in [1.82, 2.24) is 4.98 Å². The van der Waals surface area contributed by atoms with Gasteiger partial charge in [-0.15, -0.1) is 4.91 Å². The summed E-state index contributed by atoms with van der Waals surface area (Å²) in [5.41, 5.74) is 3.38. The minimum Gasteiger partial charge on any atom is -0.356 e. The quantitative estimate of drug-likeness (QED) is 0.678. The fourth-order valence-electron chi connectivity index (χ4n) is 3.23. The number of nitrogens with one attached hydrogen (secondary N) is 1. The van der Waals surface area contributed by atoms with Crippen LogP contribution in [-0.4, -0.2) is 17.9 Å². The van der Waals surface area contributed by atoms with Gasteiger partial charge in [0.15, 0.2) is 0 Å². The van der Waals surface area contributed by atoms with Crippen molar-refractivity contribution in [2.24, 2.45) is 5.18 Å². The van der Waals surface area contributed by atoms with Crippen LogP contribution >= 0.6 is 15.9 Å². The molecule has 0 radical (unpaired) electrons. The molecule has 0 saturated heterocycles. The Morgan fingerprint density at radius 3 is 2.78 bits per heavy atom. The molecule has 1 aliphatic rings. The molecule has 0 saturated carbocycles. The summed E-state index contributed by atoms with van der Waals surface area (Å²) >= 11 is 3.43. The van der Waals surface area contributed by atoms with Gasteiger partial charge in [0.05, 0.1) is 5.69 Å². The average molecular weight is 370 g/mol. The molecule has 0 aliphatic carbocycles. The SMILES string of the molecule is CN1C(=O)C(c2[nH]c3ccccc3c2N=O)c2ccc(Br)cc21. The Labute approximate surface area is 140 Å². The number of nitrogens with zero attached hydrogens (tertiary/aromatic N) is 2. The van der Waals surface area contributed by atoms with Crippen molar-refractivity contribution in [2.75, 3.05) is 11.9 Å². The molecule has 1 N–H and O–H groups in total. The van der Waals surface area contributed by atoms with Gasteiger partial charge in [-0.3, -0.25) is 4.79 Å². The summed E-state index contributed by atoms with van der Waals surface area (Å²) in [5, 5.41) is 3.93. The van der Waals surface area contributed by atoms with Crippen LogP contribution in [-0.2, 0) is 4.79 Å². The largest absolute Gasteiger partial charge is 0.356 e. The molecule has 0 fully saturated rings. The molecule has 1 atom stereocenters. The molecular weight excluding hydrogens is 358 g/mol. The number of likely N-dealkylation sites (N-methyl/N-ethyl adjacent to an activating group) is 1. The van der Waals surface area contributed by atoms with Gasteiger partial charge in [-0.05, 0) is 28.9 Å². The minimum absolute atomic E-state index is 0.0745. The number of nitroso groups, excluding NO2 is 1. The second-order valence-corrected chi connectivity index (χ2v) is 6.47. The van der Waals surface area contributed by atoms with Crippen molar-refractivity contribution in [3.8, 4) is 0 Å². The van der Waals surface area contributed by atoms with Crippen LogP contribution in [0.25, 0.3) is 10.9 Å². The highest BCUT2D eigenvalue weighted by atomic mass is 79.9. The number of anilines is 1. The van der Waals surface area contributed by atoms with E-state index in [1.165, 1.54) is 0 Å². The number of rotatable bonds is 2. The Morgan fingerprint density at radius 1 is 1.22 bits per heavy atom. The zero-order valence-electron chi connectivity index (χ0n) is 12.2. The van der Waals surface area contributed by atoms with Crippen molar-refractivity contribution >= 4 is 44.1 Å². The van der Waals surface area contributed by atoms with Crippen molar-refractivity contribution < 1.29 is 4.79 Å². The maximum absolute atomic E-state index is 12.8. The molecule has 4 rings (SSSR count). The number of carbonyl (C=O) groups is 1. The Bertz CT molecular complexity index is 964. The second-order valence-electron chi connectivity index (χ2n) is 5.56. The summed E-state index contributed by atoms with van der Waals surface area (Å²) in [6.07, 6.45) is 0. The lowest BCUT2D eigenvalue weighted by molar-refractivity contribution is -0.118. The van der Waals surface area contributed by atoms with E-state index in [9.17, 15) is 9.70 Å². The van der Waals surface area contributed by atoms with E-state index in [-0.39, 0.29) is 5.91 Å². The van der Waals surface area contributed by atoms with E-state index in [0.29, 0.717) is 11.4 Å². The van der Waals surface area contributed by atoms with E-state index < -0.39 is 5.92 Å². The fourth-order valence-corrected chi connectivity index (χ4v) is 3.58. The molecule has 1 amide bonds. The number of amides is 1. The molecule has 3 aromatic rings. The number of aromatic amines is 1. The molecule has 0 spiro atoms.